The van der Waals surface area contributed by atoms with Gasteiger partial charge >= 0.3 is 5.97 Å². The van der Waals surface area contributed by atoms with E-state index in [1.165, 1.54) is 11.3 Å². The maximum Gasteiger partial charge on any atom is 0.350 e. The summed E-state index contributed by atoms with van der Waals surface area (Å²) in [6.07, 6.45) is 1.67. The first kappa shape index (κ1) is 20.8. The summed E-state index contributed by atoms with van der Waals surface area (Å²) in [6.45, 7) is 4.26. The normalized spacial score (nSPS) is 10.9. The molecular formula is C21H20ClN3O3S. The van der Waals surface area contributed by atoms with Crippen molar-refractivity contribution in [3.05, 3.63) is 75.3 Å². The molecule has 0 unspecified atom stereocenters. The number of hydrogen-bond acceptors (Lipinski definition) is 7. The first-order valence-electron chi connectivity index (χ1n) is 8.96. The number of nitrogens with one attached hydrogen (secondary N) is 1. The number of hydrogen-bond donors (Lipinski definition) is 1. The number of rotatable bonds is 8. The number of halogens is 1. The molecule has 2 aromatic carbocycles. The lowest BCUT2D eigenvalue weighted by atomic mass is 10.2. The fourth-order valence-electron chi connectivity index (χ4n) is 2.42. The van der Waals surface area contributed by atoms with Crippen LogP contribution in [-0.2, 0) is 11.3 Å². The highest BCUT2D eigenvalue weighted by atomic mass is 35.5. The quantitative estimate of drug-likeness (QED) is 0.298. The van der Waals surface area contributed by atoms with E-state index >= 15 is 0 Å². The largest absolute Gasteiger partial charge is 0.489 e. The van der Waals surface area contributed by atoms with Crippen molar-refractivity contribution >= 4 is 40.3 Å². The number of aryl methyl sites for hydroxylation is 1. The second kappa shape index (κ2) is 10.0. The fraction of sp³-hybridized carbons (Fsp3) is 0.190. The molecule has 0 aliphatic rings. The van der Waals surface area contributed by atoms with E-state index in [0.717, 1.165) is 16.9 Å². The number of benzene rings is 2. The zero-order chi connectivity index (χ0) is 20.6. The maximum atomic E-state index is 11.8. The molecular weight excluding hydrogens is 410 g/mol. The minimum absolute atomic E-state index is 0.329. The minimum Gasteiger partial charge on any atom is -0.489 e. The van der Waals surface area contributed by atoms with Gasteiger partial charge in [0.2, 0.25) is 5.13 Å². The van der Waals surface area contributed by atoms with Crippen molar-refractivity contribution in [2.75, 3.05) is 12.0 Å². The molecule has 0 bridgehead atoms. The van der Waals surface area contributed by atoms with Gasteiger partial charge in [-0.2, -0.15) is 5.10 Å². The van der Waals surface area contributed by atoms with Gasteiger partial charge in [0.1, 0.15) is 17.2 Å². The molecule has 3 aromatic rings. The van der Waals surface area contributed by atoms with Crippen molar-refractivity contribution in [1.82, 2.24) is 4.98 Å². The number of ether oxygens (including phenoxy) is 2. The maximum absolute atomic E-state index is 11.8. The van der Waals surface area contributed by atoms with Crippen LogP contribution < -0.4 is 10.2 Å². The molecule has 0 amide bonds. The summed E-state index contributed by atoms with van der Waals surface area (Å²) in [5.74, 6) is 0.372. The van der Waals surface area contributed by atoms with Crippen LogP contribution in [0, 0.1) is 6.92 Å². The molecule has 0 spiro atoms. The third-order valence-corrected chi connectivity index (χ3v) is 5.27. The molecule has 0 aliphatic heterocycles. The van der Waals surface area contributed by atoms with Crippen LogP contribution in [0.15, 0.2) is 53.6 Å². The number of anilines is 1. The van der Waals surface area contributed by atoms with E-state index in [4.69, 9.17) is 21.1 Å². The third-order valence-electron chi connectivity index (χ3n) is 3.86. The van der Waals surface area contributed by atoms with E-state index in [2.05, 4.69) is 15.5 Å². The van der Waals surface area contributed by atoms with Crippen molar-refractivity contribution < 1.29 is 14.3 Å². The average molecular weight is 430 g/mol. The van der Waals surface area contributed by atoms with Gasteiger partial charge in [0.05, 0.1) is 18.5 Å². The van der Waals surface area contributed by atoms with Gasteiger partial charge in [0, 0.05) is 10.6 Å². The van der Waals surface area contributed by atoms with E-state index in [0.29, 0.717) is 33.9 Å². The van der Waals surface area contributed by atoms with E-state index in [-0.39, 0.29) is 5.97 Å². The molecule has 150 valence electrons. The first-order chi connectivity index (χ1) is 14.1. The van der Waals surface area contributed by atoms with Crippen LogP contribution in [-0.4, -0.2) is 23.8 Å². The molecule has 6 nitrogen and oxygen atoms in total. The smallest absolute Gasteiger partial charge is 0.350 e. The first-order valence-corrected chi connectivity index (χ1v) is 10.2. The van der Waals surface area contributed by atoms with Crippen molar-refractivity contribution in [2.24, 2.45) is 5.10 Å². The Morgan fingerprint density at radius 1 is 1.24 bits per heavy atom. The number of hydrazone groups is 1. The predicted molar refractivity (Wildman–Crippen MR) is 116 cm³/mol. The summed E-state index contributed by atoms with van der Waals surface area (Å²) in [7, 11) is 0. The van der Waals surface area contributed by atoms with Crippen LogP contribution in [0.2, 0.25) is 5.02 Å². The highest BCUT2D eigenvalue weighted by Crippen LogP contribution is 2.23. The Hall–Kier alpha value is -2.90. The Balaban J connectivity index is 1.54. The van der Waals surface area contributed by atoms with Gasteiger partial charge in [-0.05, 0) is 49.7 Å². The summed E-state index contributed by atoms with van der Waals surface area (Å²) >= 11 is 7.34. The second-order valence-electron chi connectivity index (χ2n) is 5.97. The number of nitrogens with zero attached hydrogens (tertiary/aromatic N) is 2. The Kier molecular flexibility index (Phi) is 7.21. The predicted octanol–water partition coefficient (Wildman–Crippen LogP) is 5.31. The van der Waals surface area contributed by atoms with E-state index in [9.17, 15) is 4.79 Å². The van der Waals surface area contributed by atoms with Gasteiger partial charge < -0.3 is 9.47 Å². The van der Waals surface area contributed by atoms with Crippen molar-refractivity contribution in [3.63, 3.8) is 0 Å². The molecule has 1 heterocycles. The summed E-state index contributed by atoms with van der Waals surface area (Å²) in [6, 6.07) is 15.1. The van der Waals surface area contributed by atoms with E-state index in [1.807, 2.05) is 48.5 Å². The van der Waals surface area contributed by atoms with Gasteiger partial charge in [-0.25, -0.2) is 9.78 Å². The summed E-state index contributed by atoms with van der Waals surface area (Å²) in [4.78, 5) is 16.6. The van der Waals surface area contributed by atoms with Crippen LogP contribution in [0.25, 0.3) is 0 Å². The zero-order valence-electron chi connectivity index (χ0n) is 16.0. The summed E-state index contributed by atoms with van der Waals surface area (Å²) < 4.78 is 10.8. The number of carbonyl (C=O) groups excluding carboxylic acids is 1. The molecule has 0 fully saturated rings. The summed E-state index contributed by atoms with van der Waals surface area (Å²) in [5, 5.41) is 5.38. The van der Waals surface area contributed by atoms with Crippen molar-refractivity contribution in [2.45, 2.75) is 20.5 Å². The molecule has 29 heavy (non-hydrogen) atoms. The van der Waals surface area contributed by atoms with Crippen LogP contribution in [0.5, 0.6) is 5.75 Å². The summed E-state index contributed by atoms with van der Waals surface area (Å²) in [5.41, 5.74) is 5.28. The topological polar surface area (TPSA) is 72.8 Å². The Morgan fingerprint density at radius 3 is 2.72 bits per heavy atom. The SMILES string of the molecule is CCOC(=O)c1sc(N/N=C/c2ccc(OCc3ccccc3Cl)cc2)nc1C. The second-order valence-corrected chi connectivity index (χ2v) is 7.38. The monoisotopic (exact) mass is 429 g/mol. The molecule has 0 atom stereocenters. The molecule has 0 radical (unpaired) electrons. The van der Waals surface area contributed by atoms with Crippen LogP contribution in [0.1, 0.15) is 33.4 Å². The molecule has 3 rings (SSSR count). The van der Waals surface area contributed by atoms with E-state index < -0.39 is 0 Å². The van der Waals surface area contributed by atoms with Gasteiger partial charge in [0.25, 0.3) is 0 Å². The Labute approximate surface area is 178 Å². The van der Waals surface area contributed by atoms with Gasteiger partial charge in [-0.15, -0.1) is 0 Å². The average Bonchev–Trinajstić information content (AvgIpc) is 3.09. The molecule has 0 saturated heterocycles. The lowest BCUT2D eigenvalue weighted by molar-refractivity contribution is 0.0531. The number of carbonyl (C=O) groups is 1. The highest BCUT2D eigenvalue weighted by Gasteiger charge is 2.15. The molecule has 8 heteroatoms. The number of esters is 1. The van der Waals surface area contributed by atoms with Gasteiger partial charge in [-0.3, -0.25) is 5.43 Å². The Bertz CT molecular complexity index is 1000. The lowest BCUT2D eigenvalue weighted by Gasteiger charge is -2.07. The molecule has 0 saturated carbocycles. The third kappa shape index (κ3) is 5.79. The standard InChI is InChI=1S/C21H20ClN3O3S/c1-3-27-20(26)19-14(2)24-21(29-19)25-23-12-15-8-10-17(11-9-15)28-13-16-6-4-5-7-18(16)22/h4-12H,3,13H2,1-2H3,(H,24,25)/b23-12+. The highest BCUT2D eigenvalue weighted by molar-refractivity contribution is 7.17. The Morgan fingerprint density at radius 2 is 2.00 bits per heavy atom. The van der Waals surface area contributed by atoms with E-state index in [1.54, 1.807) is 20.1 Å². The fourth-order valence-corrected chi connectivity index (χ4v) is 3.42. The number of thiazole rings is 1. The van der Waals surface area contributed by atoms with Crippen LogP contribution in [0.3, 0.4) is 0 Å². The van der Waals surface area contributed by atoms with Gasteiger partial charge in [0.15, 0.2) is 0 Å². The lowest BCUT2D eigenvalue weighted by Crippen LogP contribution is -2.03. The van der Waals surface area contributed by atoms with Gasteiger partial charge in [-0.1, -0.05) is 41.1 Å². The van der Waals surface area contributed by atoms with Crippen molar-refractivity contribution in [3.8, 4) is 5.75 Å². The number of aromatic nitrogens is 1. The molecule has 1 N–H and O–H groups in total. The molecule has 1 aromatic heterocycles. The minimum atomic E-state index is -0.369. The zero-order valence-corrected chi connectivity index (χ0v) is 17.6. The van der Waals surface area contributed by atoms with Crippen LogP contribution in [0.4, 0.5) is 5.13 Å². The van der Waals surface area contributed by atoms with Crippen molar-refractivity contribution in [1.29, 1.82) is 0 Å². The molecule has 0 aliphatic carbocycles. The van der Waals surface area contributed by atoms with Crippen LogP contribution >= 0.6 is 22.9 Å².